The molecule has 3 unspecified atom stereocenters. The van der Waals surface area contributed by atoms with Gasteiger partial charge in [-0.05, 0) is 50.4 Å². The van der Waals surface area contributed by atoms with Gasteiger partial charge in [0.2, 0.25) is 0 Å². The van der Waals surface area contributed by atoms with Crippen LogP contribution in [0.4, 0.5) is 13.2 Å². The summed E-state index contributed by atoms with van der Waals surface area (Å²) in [5.41, 5.74) is 6.91. The van der Waals surface area contributed by atoms with Crippen molar-refractivity contribution in [2.24, 2.45) is 11.7 Å². The monoisotopic (exact) mass is 338 g/mol. The third-order valence-corrected chi connectivity index (χ3v) is 4.14. The summed E-state index contributed by atoms with van der Waals surface area (Å²) in [6, 6.07) is 6.42. The third kappa shape index (κ3) is 5.04. The molecule has 0 amide bonds. The fraction of sp³-hybridized carbons (Fsp3) is 0.600. The zero-order chi connectivity index (χ0) is 15.6. The summed E-state index contributed by atoms with van der Waals surface area (Å²) in [6.07, 6.45) is -3.58. The molecule has 3 atom stereocenters. The van der Waals surface area contributed by atoms with Crippen molar-refractivity contribution in [2.45, 2.75) is 38.7 Å². The second kappa shape index (κ2) is 7.53. The maximum absolute atomic E-state index is 12.1. The predicted molar refractivity (Wildman–Crippen MR) is 82.1 cm³/mol. The van der Waals surface area contributed by atoms with Crippen LogP contribution in [0, 0.1) is 5.92 Å². The first-order valence-corrected chi connectivity index (χ1v) is 7.11. The topological polar surface area (TPSA) is 38.5 Å². The number of halogens is 4. The number of benzene rings is 1. The van der Waals surface area contributed by atoms with Crippen LogP contribution in [-0.4, -0.2) is 30.4 Å². The lowest BCUT2D eigenvalue weighted by atomic mass is 10.0. The maximum atomic E-state index is 12.1. The van der Waals surface area contributed by atoms with E-state index in [4.69, 9.17) is 5.73 Å². The number of hydrogen-bond donors (Lipinski definition) is 1. The van der Waals surface area contributed by atoms with Crippen molar-refractivity contribution >= 4 is 12.4 Å². The average molecular weight is 339 g/mol. The molecule has 1 aliphatic rings. The third-order valence-electron chi connectivity index (χ3n) is 4.14. The molecule has 1 fully saturated rings. The molecule has 1 heterocycles. The maximum Gasteiger partial charge on any atom is 0.573 e. The van der Waals surface area contributed by atoms with Crippen LogP contribution in [0.3, 0.4) is 0 Å². The van der Waals surface area contributed by atoms with Crippen LogP contribution < -0.4 is 10.5 Å². The van der Waals surface area contributed by atoms with E-state index in [1.54, 1.807) is 12.1 Å². The first-order valence-electron chi connectivity index (χ1n) is 7.11. The predicted octanol–water partition coefficient (Wildman–Crippen LogP) is 3.74. The van der Waals surface area contributed by atoms with Gasteiger partial charge in [-0.1, -0.05) is 12.1 Å². The van der Waals surface area contributed by atoms with Crippen LogP contribution in [0.2, 0.25) is 0 Å². The van der Waals surface area contributed by atoms with Gasteiger partial charge >= 0.3 is 6.36 Å². The van der Waals surface area contributed by atoms with E-state index in [-0.39, 0.29) is 30.2 Å². The summed E-state index contributed by atoms with van der Waals surface area (Å²) in [4.78, 5) is 2.31. The standard InChI is InChI=1S/C15H21F3N2O.ClH/c1-10(19)13-7-8-20(9-13)11(2)12-3-5-14(6-4-12)21-15(16,17)18;/h3-6,10-11,13H,7-9,19H2,1-2H3;1H. The minimum atomic E-state index is -4.65. The molecule has 0 radical (unpaired) electrons. The molecule has 1 saturated heterocycles. The van der Waals surface area contributed by atoms with Gasteiger partial charge in [0, 0.05) is 18.6 Å². The van der Waals surface area contributed by atoms with E-state index in [2.05, 4.69) is 16.6 Å². The van der Waals surface area contributed by atoms with Gasteiger partial charge in [-0.2, -0.15) is 0 Å². The summed E-state index contributed by atoms with van der Waals surface area (Å²) < 4.78 is 40.2. The molecule has 0 bridgehead atoms. The number of hydrogen-bond acceptors (Lipinski definition) is 3. The first-order chi connectivity index (χ1) is 9.76. The fourth-order valence-corrected chi connectivity index (χ4v) is 2.76. The van der Waals surface area contributed by atoms with Crippen molar-refractivity contribution in [3.8, 4) is 5.75 Å². The Morgan fingerprint density at radius 2 is 1.82 bits per heavy atom. The van der Waals surface area contributed by atoms with E-state index in [0.29, 0.717) is 5.92 Å². The van der Waals surface area contributed by atoms with Crippen LogP contribution in [-0.2, 0) is 0 Å². The molecule has 22 heavy (non-hydrogen) atoms. The second-order valence-electron chi connectivity index (χ2n) is 5.70. The summed E-state index contributed by atoms with van der Waals surface area (Å²) in [5, 5.41) is 0. The average Bonchev–Trinajstić information content (AvgIpc) is 2.86. The van der Waals surface area contributed by atoms with Crippen LogP contribution in [0.1, 0.15) is 31.9 Å². The van der Waals surface area contributed by atoms with Gasteiger partial charge in [0.15, 0.2) is 0 Å². The fourth-order valence-electron chi connectivity index (χ4n) is 2.76. The smallest absolute Gasteiger partial charge is 0.406 e. The van der Waals surface area contributed by atoms with E-state index in [1.165, 1.54) is 12.1 Å². The van der Waals surface area contributed by atoms with Gasteiger partial charge in [0.05, 0.1) is 0 Å². The molecule has 1 aromatic carbocycles. The van der Waals surface area contributed by atoms with E-state index in [0.717, 1.165) is 25.1 Å². The Morgan fingerprint density at radius 3 is 2.27 bits per heavy atom. The first kappa shape index (κ1) is 19.1. The van der Waals surface area contributed by atoms with E-state index >= 15 is 0 Å². The molecule has 2 N–H and O–H groups in total. The van der Waals surface area contributed by atoms with Crippen molar-refractivity contribution in [2.75, 3.05) is 13.1 Å². The molecule has 2 rings (SSSR count). The number of nitrogens with two attached hydrogens (primary N) is 1. The second-order valence-corrected chi connectivity index (χ2v) is 5.70. The van der Waals surface area contributed by atoms with E-state index in [9.17, 15) is 13.2 Å². The van der Waals surface area contributed by atoms with Gasteiger partial charge < -0.3 is 10.5 Å². The van der Waals surface area contributed by atoms with Crippen molar-refractivity contribution < 1.29 is 17.9 Å². The normalized spacial score (nSPS) is 22.0. The van der Waals surface area contributed by atoms with Gasteiger partial charge in [0.1, 0.15) is 5.75 Å². The lowest BCUT2D eigenvalue weighted by Crippen LogP contribution is -2.30. The molecular formula is C15H22ClF3N2O. The van der Waals surface area contributed by atoms with Crippen molar-refractivity contribution in [3.63, 3.8) is 0 Å². The molecule has 3 nitrogen and oxygen atoms in total. The Hall–Kier alpha value is -0.980. The summed E-state index contributed by atoms with van der Waals surface area (Å²) in [7, 11) is 0. The Labute approximate surface area is 135 Å². The number of likely N-dealkylation sites (tertiary alicyclic amines) is 1. The van der Waals surface area contributed by atoms with Crippen molar-refractivity contribution in [1.82, 2.24) is 4.90 Å². The van der Waals surface area contributed by atoms with Gasteiger partial charge in [-0.3, -0.25) is 4.90 Å². The molecule has 0 aliphatic carbocycles. The number of nitrogens with zero attached hydrogens (tertiary/aromatic N) is 1. The summed E-state index contributed by atoms with van der Waals surface area (Å²) >= 11 is 0. The Balaban J connectivity index is 0.00000242. The highest BCUT2D eigenvalue weighted by atomic mass is 35.5. The van der Waals surface area contributed by atoms with Gasteiger partial charge in [-0.15, -0.1) is 25.6 Å². The highest BCUT2D eigenvalue weighted by Gasteiger charge is 2.31. The van der Waals surface area contributed by atoms with E-state index < -0.39 is 6.36 Å². The summed E-state index contributed by atoms with van der Waals surface area (Å²) in [5.74, 6) is 0.300. The minimum absolute atomic E-state index is 0. The van der Waals surface area contributed by atoms with Crippen LogP contribution in [0.25, 0.3) is 0 Å². The minimum Gasteiger partial charge on any atom is -0.406 e. The molecule has 1 aliphatic heterocycles. The molecule has 0 saturated carbocycles. The van der Waals surface area contributed by atoms with Crippen LogP contribution >= 0.6 is 12.4 Å². The number of alkyl halides is 3. The van der Waals surface area contributed by atoms with Gasteiger partial charge in [-0.25, -0.2) is 0 Å². The Bertz CT molecular complexity index is 465. The highest BCUT2D eigenvalue weighted by molar-refractivity contribution is 5.85. The molecule has 126 valence electrons. The Morgan fingerprint density at radius 1 is 1.23 bits per heavy atom. The quantitative estimate of drug-likeness (QED) is 0.909. The lowest BCUT2D eigenvalue weighted by molar-refractivity contribution is -0.274. The van der Waals surface area contributed by atoms with E-state index in [1.807, 2.05) is 6.92 Å². The molecule has 1 aromatic rings. The highest BCUT2D eigenvalue weighted by Crippen LogP contribution is 2.30. The molecule has 0 aromatic heterocycles. The Kier molecular flexibility index (Phi) is 6.52. The summed E-state index contributed by atoms with van der Waals surface area (Å²) in [6.45, 7) is 5.97. The SMILES string of the molecule is CC(N)C1CCN(C(C)c2ccc(OC(F)(F)F)cc2)C1.Cl. The zero-order valence-electron chi connectivity index (χ0n) is 12.6. The zero-order valence-corrected chi connectivity index (χ0v) is 13.5. The molecule has 0 spiro atoms. The molecular weight excluding hydrogens is 317 g/mol. The van der Waals surface area contributed by atoms with Gasteiger partial charge in [0.25, 0.3) is 0 Å². The molecule has 7 heteroatoms. The van der Waals surface area contributed by atoms with Crippen molar-refractivity contribution in [1.29, 1.82) is 0 Å². The number of rotatable bonds is 4. The lowest BCUT2D eigenvalue weighted by Gasteiger charge is -2.25. The van der Waals surface area contributed by atoms with Crippen LogP contribution in [0.15, 0.2) is 24.3 Å². The van der Waals surface area contributed by atoms with Crippen LogP contribution in [0.5, 0.6) is 5.75 Å². The largest absolute Gasteiger partial charge is 0.573 e. The number of ether oxygens (including phenoxy) is 1. The van der Waals surface area contributed by atoms with Crippen molar-refractivity contribution in [3.05, 3.63) is 29.8 Å².